The van der Waals surface area contributed by atoms with Crippen molar-refractivity contribution in [1.82, 2.24) is 4.98 Å². The smallest absolute Gasteiger partial charge is 0.154 e. The zero-order valence-electron chi connectivity index (χ0n) is 6.69. The lowest BCUT2D eigenvalue weighted by atomic mass is 10.1. The first-order valence-electron chi connectivity index (χ1n) is 3.68. The summed E-state index contributed by atoms with van der Waals surface area (Å²) in [6.07, 6.45) is 2.87. The predicted molar refractivity (Wildman–Crippen MR) is 59.4 cm³/mol. The average molecular weight is 325 g/mol. The molecule has 1 aromatic carbocycles. The van der Waals surface area contributed by atoms with E-state index in [4.69, 9.17) is 11.6 Å². The minimum absolute atomic E-state index is 0.239. The molecule has 0 spiro atoms. The molecular formula is C9H3ClF2IN. The fraction of sp³-hybridized carbons (Fsp3) is 0. The van der Waals surface area contributed by atoms with E-state index in [1.165, 1.54) is 18.5 Å². The van der Waals surface area contributed by atoms with Gasteiger partial charge in [-0.3, -0.25) is 4.98 Å². The number of fused-ring (bicyclic) bond motifs is 1. The van der Waals surface area contributed by atoms with E-state index >= 15 is 0 Å². The van der Waals surface area contributed by atoms with Gasteiger partial charge in [-0.25, -0.2) is 8.78 Å². The van der Waals surface area contributed by atoms with Crippen molar-refractivity contribution >= 4 is 45.0 Å². The summed E-state index contributed by atoms with van der Waals surface area (Å²) in [6, 6.07) is 1.21. The van der Waals surface area contributed by atoms with Crippen LogP contribution in [0.15, 0.2) is 18.5 Å². The molecule has 0 fully saturated rings. The zero-order valence-corrected chi connectivity index (χ0v) is 9.60. The summed E-state index contributed by atoms with van der Waals surface area (Å²) in [5, 5.41) is 0.240. The van der Waals surface area contributed by atoms with E-state index in [9.17, 15) is 8.78 Å². The van der Waals surface area contributed by atoms with Crippen molar-refractivity contribution in [2.24, 2.45) is 0 Å². The largest absolute Gasteiger partial charge is 0.263 e. The van der Waals surface area contributed by atoms with Crippen LogP contribution in [0.5, 0.6) is 0 Å². The van der Waals surface area contributed by atoms with Crippen LogP contribution in [-0.2, 0) is 0 Å². The highest BCUT2D eigenvalue weighted by molar-refractivity contribution is 14.1. The maximum absolute atomic E-state index is 13.4. The summed E-state index contributed by atoms with van der Waals surface area (Å²) < 4.78 is 27.2. The molecular weight excluding hydrogens is 322 g/mol. The van der Waals surface area contributed by atoms with Gasteiger partial charge < -0.3 is 0 Å². The second kappa shape index (κ2) is 3.58. The molecule has 2 rings (SSSR count). The number of pyridine rings is 1. The molecule has 0 aliphatic carbocycles. The number of hydrogen-bond acceptors (Lipinski definition) is 1. The highest BCUT2D eigenvalue weighted by Gasteiger charge is 2.13. The Hall–Kier alpha value is -0.490. The Morgan fingerprint density at radius 3 is 2.64 bits per heavy atom. The van der Waals surface area contributed by atoms with Crippen molar-refractivity contribution in [3.63, 3.8) is 0 Å². The number of hydrogen-bond donors (Lipinski definition) is 0. The van der Waals surface area contributed by atoms with E-state index in [0.29, 0.717) is 8.96 Å². The van der Waals surface area contributed by atoms with Crippen LogP contribution in [0.2, 0.25) is 5.02 Å². The van der Waals surface area contributed by atoms with Crippen LogP contribution < -0.4 is 0 Å². The SMILES string of the molecule is Fc1cc2c(I)cncc2c(F)c1Cl. The van der Waals surface area contributed by atoms with Crippen molar-refractivity contribution in [2.45, 2.75) is 0 Å². The van der Waals surface area contributed by atoms with Gasteiger partial charge in [-0.2, -0.15) is 0 Å². The van der Waals surface area contributed by atoms with Gasteiger partial charge in [0.05, 0.1) is 0 Å². The normalized spacial score (nSPS) is 10.9. The Labute approximate surface area is 97.2 Å². The molecule has 72 valence electrons. The molecule has 1 aromatic heterocycles. The van der Waals surface area contributed by atoms with Gasteiger partial charge >= 0.3 is 0 Å². The van der Waals surface area contributed by atoms with Crippen LogP contribution in [0, 0.1) is 15.2 Å². The van der Waals surface area contributed by atoms with Crippen molar-refractivity contribution in [3.8, 4) is 0 Å². The van der Waals surface area contributed by atoms with Crippen molar-refractivity contribution < 1.29 is 8.78 Å². The molecule has 0 saturated heterocycles. The average Bonchev–Trinajstić information content (AvgIpc) is 2.17. The number of rotatable bonds is 0. The third-order valence-electron chi connectivity index (χ3n) is 1.85. The molecule has 0 aliphatic heterocycles. The summed E-state index contributed by atoms with van der Waals surface area (Å²) >= 11 is 7.39. The second-order valence-corrected chi connectivity index (χ2v) is 4.24. The minimum Gasteiger partial charge on any atom is -0.263 e. The lowest BCUT2D eigenvalue weighted by molar-refractivity contribution is 0.592. The molecule has 0 unspecified atom stereocenters. The van der Waals surface area contributed by atoms with Crippen LogP contribution in [0.1, 0.15) is 0 Å². The topological polar surface area (TPSA) is 12.9 Å². The maximum atomic E-state index is 13.4. The van der Waals surface area contributed by atoms with Gasteiger partial charge in [-0.1, -0.05) is 11.6 Å². The fourth-order valence-electron chi connectivity index (χ4n) is 1.18. The third-order valence-corrected chi connectivity index (χ3v) is 3.05. The monoisotopic (exact) mass is 325 g/mol. The molecule has 5 heteroatoms. The van der Waals surface area contributed by atoms with Gasteiger partial charge in [0.25, 0.3) is 0 Å². The first-order valence-corrected chi connectivity index (χ1v) is 5.13. The van der Waals surface area contributed by atoms with E-state index in [2.05, 4.69) is 4.98 Å². The fourth-order valence-corrected chi connectivity index (χ4v) is 1.94. The highest BCUT2D eigenvalue weighted by Crippen LogP contribution is 2.29. The molecule has 14 heavy (non-hydrogen) atoms. The Morgan fingerprint density at radius 1 is 1.21 bits per heavy atom. The van der Waals surface area contributed by atoms with Gasteiger partial charge in [-0.15, -0.1) is 0 Å². The van der Waals surface area contributed by atoms with Crippen LogP contribution in [0.3, 0.4) is 0 Å². The molecule has 0 radical (unpaired) electrons. The quantitative estimate of drug-likeness (QED) is 0.531. The lowest BCUT2D eigenvalue weighted by Gasteiger charge is -2.03. The predicted octanol–water partition coefficient (Wildman–Crippen LogP) is 3.77. The molecule has 0 N–H and O–H groups in total. The van der Waals surface area contributed by atoms with E-state index in [0.717, 1.165) is 0 Å². The van der Waals surface area contributed by atoms with E-state index in [1.807, 2.05) is 22.6 Å². The highest BCUT2D eigenvalue weighted by atomic mass is 127. The molecule has 1 heterocycles. The molecule has 2 aromatic rings. The summed E-state index contributed by atoms with van der Waals surface area (Å²) in [5.74, 6) is -1.51. The van der Waals surface area contributed by atoms with E-state index < -0.39 is 16.7 Å². The Balaban J connectivity index is 2.98. The minimum atomic E-state index is -0.757. The van der Waals surface area contributed by atoms with Gasteiger partial charge in [0.2, 0.25) is 0 Å². The summed E-state index contributed by atoms with van der Waals surface area (Å²) in [5.41, 5.74) is 0. The van der Waals surface area contributed by atoms with Crippen LogP contribution in [0.4, 0.5) is 8.78 Å². The first kappa shape index (κ1) is 10.0. The molecule has 0 aliphatic rings. The second-order valence-electron chi connectivity index (χ2n) is 2.70. The summed E-state index contributed by atoms with van der Waals surface area (Å²) in [7, 11) is 0. The Kier molecular flexibility index (Phi) is 2.57. The molecule has 0 atom stereocenters. The van der Waals surface area contributed by atoms with Crippen molar-refractivity contribution in [2.75, 3.05) is 0 Å². The molecule has 0 saturated carbocycles. The lowest BCUT2D eigenvalue weighted by Crippen LogP contribution is -1.90. The molecule has 0 bridgehead atoms. The summed E-state index contributed by atoms with van der Waals surface area (Å²) in [4.78, 5) is 3.82. The van der Waals surface area contributed by atoms with E-state index in [1.54, 1.807) is 0 Å². The standard InChI is InChI=1S/C9H3ClF2IN/c10-8-6(11)1-4-5(9(8)12)2-14-3-7(4)13/h1-3H. The van der Waals surface area contributed by atoms with Crippen molar-refractivity contribution in [3.05, 3.63) is 38.7 Å². The van der Waals surface area contributed by atoms with Crippen LogP contribution in [-0.4, -0.2) is 4.98 Å². The Bertz CT molecular complexity index is 516. The van der Waals surface area contributed by atoms with Gasteiger partial charge in [0.1, 0.15) is 10.8 Å². The maximum Gasteiger partial charge on any atom is 0.154 e. The Morgan fingerprint density at radius 2 is 1.93 bits per heavy atom. The molecule has 0 amide bonds. The van der Waals surface area contributed by atoms with Crippen LogP contribution in [0.25, 0.3) is 10.8 Å². The third kappa shape index (κ3) is 1.46. The zero-order chi connectivity index (χ0) is 10.3. The van der Waals surface area contributed by atoms with Gasteiger partial charge in [0.15, 0.2) is 5.82 Å². The van der Waals surface area contributed by atoms with Crippen LogP contribution >= 0.6 is 34.2 Å². The summed E-state index contributed by atoms with van der Waals surface area (Å²) in [6.45, 7) is 0. The van der Waals surface area contributed by atoms with Gasteiger partial charge in [-0.05, 0) is 28.7 Å². The van der Waals surface area contributed by atoms with E-state index in [-0.39, 0.29) is 5.39 Å². The number of nitrogens with zero attached hydrogens (tertiary/aromatic N) is 1. The van der Waals surface area contributed by atoms with Crippen molar-refractivity contribution in [1.29, 1.82) is 0 Å². The number of aromatic nitrogens is 1. The molecule has 1 nitrogen and oxygen atoms in total. The first-order chi connectivity index (χ1) is 6.61. The number of benzene rings is 1. The van der Waals surface area contributed by atoms with Gasteiger partial charge in [0, 0.05) is 26.7 Å². The number of halogens is 4.